The predicted molar refractivity (Wildman–Crippen MR) is 76.4 cm³/mol. The number of para-hydroxylation sites is 1. The summed E-state index contributed by atoms with van der Waals surface area (Å²) in [6.07, 6.45) is -3.42. The van der Waals surface area contributed by atoms with Crippen molar-refractivity contribution in [2.24, 2.45) is 0 Å². The van der Waals surface area contributed by atoms with E-state index in [4.69, 9.17) is 0 Å². The molecule has 0 aliphatic carbocycles. The number of pyridine rings is 1. The van der Waals surface area contributed by atoms with Gasteiger partial charge in [0.25, 0.3) is 0 Å². The third-order valence-corrected chi connectivity index (χ3v) is 4.31. The normalized spacial score (nSPS) is 12.0. The number of aromatic nitrogens is 1. The molecule has 1 amide bonds. The van der Waals surface area contributed by atoms with Gasteiger partial charge in [0.1, 0.15) is 5.75 Å². The van der Waals surface area contributed by atoms with Crippen LogP contribution in [0.25, 0.3) is 0 Å². The van der Waals surface area contributed by atoms with Crippen molar-refractivity contribution in [1.29, 1.82) is 0 Å². The maximum atomic E-state index is 12.8. The molecule has 2 aromatic rings. The first kappa shape index (κ1) is 16.9. The second-order valence-corrected chi connectivity index (χ2v) is 6.46. The highest BCUT2D eigenvalue weighted by molar-refractivity contribution is 7.92. The fraction of sp³-hybridized carbons (Fsp3) is 0.143. The molecule has 0 fully saturated rings. The van der Waals surface area contributed by atoms with Crippen LogP contribution >= 0.6 is 0 Å². The molecule has 1 aromatic heterocycles. The average molecular weight is 344 g/mol. The minimum atomic E-state index is -4.66. The van der Waals surface area contributed by atoms with E-state index in [0.29, 0.717) is 0 Å². The van der Waals surface area contributed by atoms with E-state index in [1.165, 1.54) is 36.5 Å². The zero-order valence-corrected chi connectivity index (χ0v) is 12.4. The van der Waals surface area contributed by atoms with Gasteiger partial charge in [-0.1, -0.05) is 18.2 Å². The van der Waals surface area contributed by atoms with Crippen LogP contribution in [0, 0.1) is 0 Å². The molecule has 0 bridgehead atoms. The van der Waals surface area contributed by atoms with Crippen LogP contribution < -0.4 is 5.32 Å². The molecular weight excluding hydrogens is 333 g/mol. The summed E-state index contributed by atoms with van der Waals surface area (Å²) in [6, 6.07) is 8.44. The lowest BCUT2D eigenvalue weighted by molar-refractivity contribution is -0.137. The van der Waals surface area contributed by atoms with Crippen molar-refractivity contribution in [2.45, 2.75) is 11.2 Å². The van der Waals surface area contributed by atoms with E-state index < -0.39 is 38.9 Å². The van der Waals surface area contributed by atoms with Gasteiger partial charge in [-0.05, 0) is 24.3 Å². The molecule has 0 unspecified atom stereocenters. The highest BCUT2D eigenvalue weighted by Crippen LogP contribution is 2.34. The number of benzene rings is 1. The van der Waals surface area contributed by atoms with Gasteiger partial charge in [-0.2, -0.15) is 13.2 Å². The van der Waals surface area contributed by atoms with E-state index in [1.54, 1.807) is 0 Å². The standard InChI is InChI=1S/C14H11F3N2O3S/c15-14(16,17)10-5-1-2-6-11(10)19-12(20)9-23(21,22)13-7-3-4-8-18-13/h1-8H,9H2,(H,19,20). The highest BCUT2D eigenvalue weighted by Gasteiger charge is 2.34. The largest absolute Gasteiger partial charge is 0.418 e. The Morgan fingerprint density at radius 1 is 1.09 bits per heavy atom. The minimum Gasteiger partial charge on any atom is -0.325 e. The van der Waals surface area contributed by atoms with Gasteiger partial charge in [0.05, 0.1) is 11.3 Å². The van der Waals surface area contributed by atoms with Crippen molar-refractivity contribution in [3.05, 3.63) is 54.2 Å². The van der Waals surface area contributed by atoms with Gasteiger partial charge in [-0.15, -0.1) is 0 Å². The van der Waals surface area contributed by atoms with Crippen molar-refractivity contribution < 1.29 is 26.4 Å². The number of carbonyl (C=O) groups is 1. The van der Waals surface area contributed by atoms with Gasteiger partial charge in [-0.3, -0.25) is 4.79 Å². The second kappa shape index (κ2) is 6.37. The van der Waals surface area contributed by atoms with Crippen molar-refractivity contribution in [1.82, 2.24) is 4.98 Å². The number of alkyl halides is 3. The fourth-order valence-electron chi connectivity index (χ4n) is 1.80. The third kappa shape index (κ3) is 4.28. The minimum absolute atomic E-state index is 0.320. The average Bonchev–Trinajstić information content (AvgIpc) is 2.47. The van der Waals surface area contributed by atoms with E-state index in [0.717, 1.165) is 12.1 Å². The molecule has 0 radical (unpaired) electrons. The summed E-state index contributed by atoms with van der Waals surface area (Å²) >= 11 is 0. The Morgan fingerprint density at radius 3 is 2.35 bits per heavy atom. The molecule has 0 aliphatic rings. The third-order valence-electron chi connectivity index (χ3n) is 2.78. The topological polar surface area (TPSA) is 76.1 Å². The summed E-state index contributed by atoms with van der Waals surface area (Å²) in [6.45, 7) is 0. The number of nitrogens with zero attached hydrogens (tertiary/aromatic N) is 1. The van der Waals surface area contributed by atoms with Crippen LogP contribution in [0.4, 0.5) is 18.9 Å². The molecular formula is C14H11F3N2O3S. The number of nitrogens with one attached hydrogen (secondary N) is 1. The quantitative estimate of drug-likeness (QED) is 0.925. The first-order chi connectivity index (χ1) is 10.7. The summed E-state index contributed by atoms with van der Waals surface area (Å²) in [5, 5.41) is 1.66. The molecule has 122 valence electrons. The van der Waals surface area contributed by atoms with Crippen molar-refractivity contribution in [3.63, 3.8) is 0 Å². The number of anilines is 1. The lowest BCUT2D eigenvalue weighted by Gasteiger charge is -2.13. The van der Waals surface area contributed by atoms with Crippen LogP contribution in [-0.4, -0.2) is 25.1 Å². The summed E-state index contributed by atoms with van der Waals surface area (Å²) in [5.41, 5.74) is -1.55. The second-order valence-electron chi connectivity index (χ2n) is 4.52. The maximum absolute atomic E-state index is 12.8. The van der Waals surface area contributed by atoms with Gasteiger partial charge < -0.3 is 5.32 Å². The maximum Gasteiger partial charge on any atom is 0.418 e. The van der Waals surface area contributed by atoms with E-state index in [-0.39, 0.29) is 5.03 Å². The molecule has 0 spiro atoms. The van der Waals surface area contributed by atoms with Gasteiger partial charge in [0, 0.05) is 6.20 Å². The predicted octanol–water partition coefficient (Wildman–Crippen LogP) is 2.51. The van der Waals surface area contributed by atoms with Gasteiger partial charge in [-0.25, -0.2) is 13.4 Å². The Bertz CT molecular complexity index is 806. The number of hydrogen-bond donors (Lipinski definition) is 1. The van der Waals surface area contributed by atoms with Gasteiger partial charge in [0.15, 0.2) is 5.03 Å². The molecule has 1 aromatic carbocycles. The monoisotopic (exact) mass is 344 g/mol. The summed E-state index contributed by atoms with van der Waals surface area (Å²) in [5.74, 6) is -2.08. The van der Waals surface area contributed by atoms with Crippen molar-refractivity contribution in [3.8, 4) is 0 Å². The zero-order valence-electron chi connectivity index (χ0n) is 11.5. The lowest BCUT2D eigenvalue weighted by atomic mass is 10.1. The molecule has 0 saturated heterocycles. The fourth-order valence-corrected chi connectivity index (χ4v) is 2.88. The van der Waals surface area contributed by atoms with Gasteiger partial charge >= 0.3 is 6.18 Å². The number of amides is 1. The molecule has 0 aliphatic heterocycles. The summed E-state index contributed by atoms with van der Waals surface area (Å²) in [7, 11) is -4.03. The molecule has 1 heterocycles. The van der Waals surface area contributed by atoms with Crippen LogP contribution in [0.5, 0.6) is 0 Å². The molecule has 0 atom stereocenters. The van der Waals surface area contributed by atoms with E-state index in [9.17, 15) is 26.4 Å². The Labute approximate surface area is 130 Å². The van der Waals surface area contributed by atoms with Crippen LogP contribution in [-0.2, 0) is 20.8 Å². The molecule has 5 nitrogen and oxygen atoms in total. The first-order valence-electron chi connectivity index (χ1n) is 6.30. The molecule has 23 heavy (non-hydrogen) atoms. The number of rotatable bonds is 4. The SMILES string of the molecule is O=C(CS(=O)(=O)c1ccccn1)Nc1ccccc1C(F)(F)F. The van der Waals surface area contributed by atoms with E-state index in [2.05, 4.69) is 4.98 Å². The Balaban J connectivity index is 2.18. The molecule has 1 N–H and O–H groups in total. The smallest absolute Gasteiger partial charge is 0.325 e. The van der Waals surface area contributed by atoms with Crippen LogP contribution in [0.3, 0.4) is 0 Å². The molecule has 9 heteroatoms. The number of sulfone groups is 1. The lowest BCUT2D eigenvalue weighted by Crippen LogP contribution is -2.25. The number of carbonyl (C=O) groups excluding carboxylic acids is 1. The summed E-state index contributed by atoms with van der Waals surface area (Å²) < 4.78 is 62.4. The van der Waals surface area contributed by atoms with Gasteiger partial charge in [0.2, 0.25) is 15.7 Å². The summed E-state index contributed by atoms with van der Waals surface area (Å²) in [4.78, 5) is 15.4. The van der Waals surface area contributed by atoms with E-state index >= 15 is 0 Å². The van der Waals surface area contributed by atoms with Crippen LogP contribution in [0.1, 0.15) is 5.56 Å². The Hall–Kier alpha value is -2.42. The van der Waals surface area contributed by atoms with E-state index in [1.807, 2.05) is 5.32 Å². The van der Waals surface area contributed by atoms with Crippen molar-refractivity contribution in [2.75, 3.05) is 11.1 Å². The Kier molecular flexibility index (Phi) is 4.69. The Morgan fingerprint density at radius 2 is 1.74 bits per heavy atom. The van der Waals surface area contributed by atoms with Crippen LogP contribution in [0.2, 0.25) is 0 Å². The first-order valence-corrected chi connectivity index (χ1v) is 7.95. The van der Waals surface area contributed by atoms with Crippen LogP contribution in [0.15, 0.2) is 53.7 Å². The number of hydrogen-bond acceptors (Lipinski definition) is 4. The van der Waals surface area contributed by atoms with Crippen molar-refractivity contribution >= 4 is 21.4 Å². The number of halogens is 3. The molecule has 2 rings (SSSR count). The zero-order chi connectivity index (χ0) is 17.1. The molecule has 0 saturated carbocycles. The highest BCUT2D eigenvalue weighted by atomic mass is 32.2.